The molecule has 0 saturated carbocycles. The molecule has 2 rings (SSSR count). The van der Waals surface area contributed by atoms with Crippen molar-refractivity contribution in [3.8, 4) is 0 Å². The number of likely N-dealkylation sites (tertiary alicyclic amines) is 1. The third-order valence-electron chi connectivity index (χ3n) is 4.77. The maximum absolute atomic E-state index is 12.5. The van der Waals surface area contributed by atoms with E-state index in [9.17, 15) is 13.2 Å². The number of nitrogens with zero attached hydrogens (tertiary/aromatic N) is 2. The molecular formula is C15H28N2O4S. The monoisotopic (exact) mass is 332 g/mol. The first-order valence-corrected chi connectivity index (χ1v) is 9.90. The number of hydrogen-bond donors (Lipinski definition) is 0. The zero-order chi connectivity index (χ0) is 16.3. The van der Waals surface area contributed by atoms with Gasteiger partial charge in [0, 0.05) is 32.2 Å². The minimum atomic E-state index is -3.33. The number of rotatable bonds is 5. The molecule has 2 fully saturated rings. The average molecular weight is 332 g/mol. The van der Waals surface area contributed by atoms with Crippen LogP contribution in [0.15, 0.2) is 0 Å². The second kappa shape index (κ2) is 7.27. The maximum atomic E-state index is 12.5. The second-order valence-corrected chi connectivity index (χ2v) is 8.89. The topological polar surface area (TPSA) is 66.9 Å². The van der Waals surface area contributed by atoms with Crippen LogP contribution >= 0.6 is 0 Å². The Morgan fingerprint density at radius 2 is 1.91 bits per heavy atom. The van der Waals surface area contributed by atoms with Gasteiger partial charge in [0.15, 0.2) is 9.84 Å². The van der Waals surface area contributed by atoms with E-state index in [4.69, 9.17) is 4.74 Å². The molecule has 2 aliphatic heterocycles. The number of morpholine rings is 1. The smallest absolute Gasteiger partial charge is 0.240 e. The van der Waals surface area contributed by atoms with Crippen LogP contribution in [0, 0.1) is 5.92 Å². The number of hydrogen-bond acceptors (Lipinski definition) is 5. The molecule has 0 aliphatic carbocycles. The third-order valence-corrected chi connectivity index (χ3v) is 7.03. The largest absolute Gasteiger partial charge is 0.379 e. The SMILES string of the molecule is CCCS(=O)(=O)C(C)C(=O)N1CC(C)C(N2CCOCC2)C1. The Morgan fingerprint density at radius 1 is 1.27 bits per heavy atom. The van der Waals surface area contributed by atoms with Crippen molar-refractivity contribution in [2.75, 3.05) is 45.1 Å². The summed E-state index contributed by atoms with van der Waals surface area (Å²) in [6.45, 7) is 10.0. The third kappa shape index (κ3) is 3.81. The standard InChI is InChI=1S/C15H28N2O4S/c1-4-9-22(19,20)13(3)15(18)17-10-12(2)14(11-17)16-5-7-21-8-6-16/h12-14H,4-11H2,1-3H3. The van der Waals surface area contributed by atoms with Crippen molar-refractivity contribution in [1.29, 1.82) is 0 Å². The van der Waals surface area contributed by atoms with Gasteiger partial charge in [0.2, 0.25) is 5.91 Å². The van der Waals surface area contributed by atoms with E-state index < -0.39 is 15.1 Å². The minimum Gasteiger partial charge on any atom is -0.379 e. The van der Waals surface area contributed by atoms with Crippen LogP contribution in [0.5, 0.6) is 0 Å². The molecule has 7 heteroatoms. The molecule has 0 spiro atoms. The number of ether oxygens (including phenoxy) is 1. The summed E-state index contributed by atoms with van der Waals surface area (Å²) in [6.07, 6.45) is 0.548. The lowest BCUT2D eigenvalue weighted by molar-refractivity contribution is -0.129. The Balaban J connectivity index is 2.00. The summed E-state index contributed by atoms with van der Waals surface area (Å²) in [5.41, 5.74) is 0. The van der Waals surface area contributed by atoms with Crippen molar-refractivity contribution >= 4 is 15.7 Å². The van der Waals surface area contributed by atoms with Gasteiger partial charge in [-0.1, -0.05) is 13.8 Å². The van der Waals surface area contributed by atoms with Gasteiger partial charge in [-0.05, 0) is 19.3 Å². The van der Waals surface area contributed by atoms with Crippen molar-refractivity contribution in [2.45, 2.75) is 38.5 Å². The quantitative estimate of drug-likeness (QED) is 0.728. The molecule has 6 nitrogen and oxygen atoms in total. The fourth-order valence-electron chi connectivity index (χ4n) is 3.39. The molecular weight excluding hydrogens is 304 g/mol. The summed E-state index contributed by atoms with van der Waals surface area (Å²) in [7, 11) is -3.33. The molecule has 2 heterocycles. The van der Waals surface area contributed by atoms with Gasteiger partial charge >= 0.3 is 0 Å². The van der Waals surface area contributed by atoms with E-state index in [0.29, 0.717) is 31.5 Å². The van der Waals surface area contributed by atoms with Crippen LogP contribution in [-0.2, 0) is 19.4 Å². The Morgan fingerprint density at radius 3 is 2.50 bits per heavy atom. The van der Waals surface area contributed by atoms with Crippen molar-refractivity contribution in [3.05, 3.63) is 0 Å². The van der Waals surface area contributed by atoms with Crippen LogP contribution in [0.3, 0.4) is 0 Å². The lowest BCUT2D eigenvalue weighted by atomic mass is 10.0. The summed E-state index contributed by atoms with van der Waals surface area (Å²) < 4.78 is 29.6. The molecule has 1 amide bonds. The molecule has 0 bridgehead atoms. The summed E-state index contributed by atoms with van der Waals surface area (Å²) in [5, 5.41) is -0.928. The molecule has 0 N–H and O–H groups in total. The average Bonchev–Trinajstić information content (AvgIpc) is 2.88. The summed E-state index contributed by atoms with van der Waals surface area (Å²) in [5.74, 6) is 0.204. The van der Waals surface area contributed by atoms with E-state index in [1.54, 1.807) is 4.90 Å². The van der Waals surface area contributed by atoms with E-state index in [2.05, 4.69) is 11.8 Å². The first-order chi connectivity index (χ1) is 10.4. The molecule has 22 heavy (non-hydrogen) atoms. The van der Waals surface area contributed by atoms with Crippen molar-refractivity contribution in [1.82, 2.24) is 9.80 Å². The van der Waals surface area contributed by atoms with E-state index in [1.807, 2.05) is 6.92 Å². The number of carbonyl (C=O) groups is 1. The zero-order valence-electron chi connectivity index (χ0n) is 13.8. The maximum Gasteiger partial charge on any atom is 0.240 e. The fourth-order valence-corrected chi connectivity index (χ4v) is 4.76. The van der Waals surface area contributed by atoms with Crippen LogP contribution in [-0.4, -0.2) is 80.6 Å². The first-order valence-electron chi connectivity index (χ1n) is 8.19. The Hall–Kier alpha value is -0.660. The second-order valence-electron chi connectivity index (χ2n) is 6.45. The predicted molar refractivity (Wildman–Crippen MR) is 85.5 cm³/mol. The van der Waals surface area contributed by atoms with Gasteiger partial charge in [0.05, 0.1) is 19.0 Å². The lowest BCUT2D eigenvalue weighted by Gasteiger charge is -2.34. The van der Waals surface area contributed by atoms with Gasteiger partial charge in [-0.25, -0.2) is 8.42 Å². The lowest BCUT2D eigenvalue weighted by Crippen LogP contribution is -2.47. The predicted octanol–water partition coefficient (Wildman–Crippen LogP) is 0.379. The van der Waals surface area contributed by atoms with Crippen molar-refractivity contribution in [2.24, 2.45) is 5.92 Å². The van der Waals surface area contributed by atoms with Crippen molar-refractivity contribution < 1.29 is 17.9 Å². The van der Waals surface area contributed by atoms with Crippen LogP contribution < -0.4 is 0 Å². The molecule has 128 valence electrons. The van der Waals surface area contributed by atoms with Gasteiger partial charge in [-0.15, -0.1) is 0 Å². The van der Waals surface area contributed by atoms with Gasteiger partial charge < -0.3 is 9.64 Å². The summed E-state index contributed by atoms with van der Waals surface area (Å²) in [4.78, 5) is 16.7. The van der Waals surface area contributed by atoms with Crippen LogP contribution in [0.1, 0.15) is 27.2 Å². The normalized spacial score (nSPS) is 28.8. The molecule has 0 radical (unpaired) electrons. The molecule has 0 aromatic rings. The molecule has 2 aliphatic rings. The highest BCUT2D eigenvalue weighted by Gasteiger charge is 2.40. The highest BCUT2D eigenvalue weighted by molar-refractivity contribution is 7.92. The van der Waals surface area contributed by atoms with E-state index in [-0.39, 0.29) is 11.7 Å². The molecule has 3 unspecified atom stereocenters. The Kier molecular flexibility index (Phi) is 5.85. The Labute approximate surface area is 133 Å². The zero-order valence-corrected chi connectivity index (χ0v) is 14.6. The summed E-state index contributed by atoms with van der Waals surface area (Å²) in [6, 6.07) is 0.314. The van der Waals surface area contributed by atoms with E-state index in [0.717, 1.165) is 26.3 Å². The molecule has 0 aromatic carbocycles. The number of sulfone groups is 1. The molecule has 3 atom stereocenters. The fraction of sp³-hybridized carbons (Fsp3) is 0.933. The first kappa shape index (κ1) is 17.7. The molecule has 0 aromatic heterocycles. The Bertz CT molecular complexity index is 488. The minimum absolute atomic E-state index is 0.0796. The van der Waals surface area contributed by atoms with Crippen LogP contribution in [0.25, 0.3) is 0 Å². The van der Waals surface area contributed by atoms with Gasteiger partial charge in [0.1, 0.15) is 5.25 Å². The van der Waals surface area contributed by atoms with Gasteiger partial charge in [-0.3, -0.25) is 9.69 Å². The number of amides is 1. The highest BCUT2D eigenvalue weighted by Crippen LogP contribution is 2.24. The molecule has 2 saturated heterocycles. The van der Waals surface area contributed by atoms with E-state index in [1.165, 1.54) is 6.92 Å². The van der Waals surface area contributed by atoms with Crippen LogP contribution in [0.4, 0.5) is 0 Å². The van der Waals surface area contributed by atoms with Crippen molar-refractivity contribution in [3.63, 3.8) is 0 Å². The van der Waals surface area contributed by atoms with Gasteiger partial charge in [-0.2, -0.15) is 0 Å². The number of carbonyl (C=O) groups excluding carboxylic acids is 1. The van der Waals surface area contributed by atoms with Crippen LogP contribution in [0.2, 0.25) is 0 Å². The van der Waals surface area contributed by atoms with E-state index >= 15 is 0 Å². The summed E-state index contributed by atoms with van der Waals surface area (Å²) >= 11 is 0. The highest BCUT2D eigenvalue weighted by atomic mass is 32.2. The van der Waals surface area contributed by atoms with Gasteiger partial charge in [0.25, 0.3) is 0 Å².